The average molecular weight is 477 g/mol. The van der Waals surface area contributed by atoms with Gasteiger partial charge >= 0.3 is 5.97 Å². The van der Waals surface area contributed by atoms with Gasteiger partial charge < -0.3 is 19.8 Å². The van der Waals surface area contributed by atoms with Crippen molar-refractivity contribution >= 4 is 17.9 Å². The first-order valence-corrected chi connectivity index (χ1v) is 12.1. The highest BCUT2D eigenvalue weighted by molar-refractivity contribution is 5.70. The van der Waals surface area contributed by atoms with Gasteiger partial charge in [-0.3, -0.25) is 10.1 Å². The lowest BCUT2D eigenvalue weighted by molar-refractivity contribution is -0.590. The number of carbonyl (C=O) groups is 1. The summed E-state index contributed by atoms with van der Waals surface area (Å²) < 4.78 is 12.4. The molecule has 0 saturated carbocycles. The third kappa shape index (κ3) is 6.44. The van der Waals surface area contributed by atoms with E-state index in [2.05, 4.69) is 23.5 Å². The van der Waals surface area contributed by atoms with Crippen molar-refractivity contribution < 1.29 is 24.1 Å². The molecule has 2 aromatic rings. The monoisotopic (exact) mass is 476 g/mol. The second-order valence-corrected chi connectivity index (χ2v) is 9.18. The van der Waals surface area contributed by atoms with Crippen LogP contribution in [-0.4, -0.2) is 30.3 Å². The summed E-state index contributed by atoms with van der Waals surface area (Å²) in [5.41, 5.74) is 3.29. The highest BCUT2D eigenvalue weighted by Gasteiger charge is 2.27. The third-order valence-corrected chi connectivity index (χ3v) is 6.11. The minimum Gasteiger partial charge on any atom is -0.711 e. The molecule has 1 heterocycles. The van der Waals surface area contributed by atoms with Crippen LogP contribution in [0, 0.1) is 11.1 Å². The fraction of sp³-hybridized carbons (Fsp3) is 0.357. The molecule has 7 heteroatoms. The van der Waals surface area contributed by atoms with E-state index in [1.165, 1.54) is 6.20 Å². The number of hydrogen-bond donors (Lipinski definition) is 2. The summed E-state index contributed by atoms with van der Waals surface area (Å²) in [4.78, 5) is 11.4. The average Bonchev–Trinajstić information content (AvgIpc) is 2.96. The Kier molecular flexibility index (Phi) is 7.75. The van der Waals surface area contributed by atoms with Gasteiger partial charge in [0.2, 0.25) is 0 Å². The predicted octanol–water partition coefficient (Wildman–Crippen LogP) is 5.04. The molecule has 184 valence electrons. The quantitative estimate of drug-likeness (QED) is 0.283. The zero-order chi connectivity index (χ0) is 24.8. The summed E-state index contributed by atoms with van der Waals surface area (Å²) >= 11 is 0. The molecule has 1 aromatic carbocycles. The number of rotatable bonds is 10. The molecule has 0 aliphatic heterocycles. The molecule has 0 spiro atoms. The fourth-order valence-corrected chi connectivity index (χ4v) is 4.55. The van der Waals surface area contributed by atoms with E-state index < -0.39 is 5.97 Å². The highest BCUT2D eigenvalue weighted by atomic mass is 16.5. The lowest BCUT2D eigenvalue weighted by atomic mass is 9.83. The number of nitrogens with one attached hydrogen (secondary N) is 1. The molecule has 2 aliphatic rings. The normalized spacial score (nSPS) is 18.6. The molecule has 1 aromatic heterocycles. The van der Waals surface area contributed by atoms with Crippen molar-refractivity contribution in [1.29, 1.82) is 0 Å². The minimum atomic E-state index is -0.775. The van der Waals surface area contributed by atoms with Crippen LogP contribution in [-0.2, 0) is 9.53 Å². The van der Waals surface area contributed by atoms with Gasteiger partial charge in [0, 0.05) is 18.4 Å². The van der Waals surface area contributed by atoms with E-state index in [1.807, 2.05) is 44.2 Å². The Hall–Kier alpha value is -3.74. The first-order chi connectivity index (χ1) is 16.9. The molecule has 4 rings (SSSR count). The number of hydrogen-bond acceptors (Lipinski definition) is 5. The van der Waals surface area contributed by atoms with Crippen LogP contribution in [0.5, 0.6) is 5.75 Å². The van der Waals surface area contributed by atoms with E-state index in [0.29, 0.717) is 31.1 Å². The zero-order valence-corrected chi connectivity index (χ0v) is 20.1. The van der Waals surface area contributed by atoms with Gasteiger partial charge in [-0.05, 0) is 55.0 Å². The van der Waals surface area contributed by atoms with Crippen molar-refractivity contribution in [3.63, 3.8) is 0 Å². The van der Waals surface area contributed by atoms with Gasteiger partial charge in [-0.15, -0.1) is 0 Å². The number of ether oxygens (including phenoxy) is 2. The van der Waals surface area contributed by atoms with E-state index in [9.17, 15) is 15.1 Å². The van der Waals surface area contributed by atoms with Crippen LogP contribution in [0.2, 0.25) is 0 Å². The summed E-state index contributed by atoms with van der Waals surface area (Å²) in [5, 5.41) is 24.6. The Bertz CT molecular complexity index is 1150. The number of benzene rings is 1. The third-order valence-electron chi connectivity index (χ3n) is 6.11. The number of carboxylic acid groups (broad SMARTS) is 1. The van der Waals surface area contributed by atoms with Crippen LogP contribution in [0.25, 0.3) is 6.08 Å². The lowest BCUT2D eigenvalue weighted by Gasteiger charge is -2.22. The smallest absolute Gasteiger partial charge is 0.303 e. The molecule has 0 radical (unpaired) electrons. The van der Waals surface area contributed by atoms with E-state index in [0.717, 1.165) is 33.6 Å². The Morgan fingerprint density at radius 2 is 2.09 bits per heavy atom. The zero-order valence-electron chi connectivity index (χ0n) is 20.1. The Morgan fingerprint density at radius 3 is 2.89 bits per heavy atom. The van der Waals surface area contributed by atoms with Crippen molar-refractivity contribution in [1.82, 2.24) is 0 Å². The minimum absolute atomic E-state index is 0.0257. The van der Waals surface area contributed by atoms with Gasteiger partial charge in [0.05, 0.1) is 37.9 Å². The molecule has 0 saturated heterocycles. The van der Waals surface area contributed by atoms with Crippen LogP contribution in [0.3, 0.4) is 0 Å². The number of nitrogens with zero attached hydrogens (tertiary/aromatic N) is 1. The molecule has 1 unspecified atom stereocenters. The summed E-state index contributed by atoms with van der Waals surface area (Å²) in [6, 6.07) is 11.4. The number of pyridine rings is 1. The summed E-state index contributed by atoms with van der Waals surface area (Å²) in [5.74, 6) is 1.24. The van der Waals surface area contributed by atoms with Gasteiger partial charge in [-0.1, -0.05) is 36.4 Å². The SMILES string of the molecule is CC(C)Oc1cc[n+]([O-])c(NCCCOC2=CC3=Cc4ccccc4C(CC(=O)O)C[C@H]3C=C2)c1. The topological polar surface area (TPSA) is 94.7 Å². The van der Waals surface area contributed by atoms with E-state index in [-0.39, 0.29) is 24.4 Å². The van der Waals surface area contributed by atoms with Gasteiger partial charge in [0.25, 0.3) is 5.82 Å². The number of carboxylic acids is 1. The fourth-order valence-electron chi connectivity index (χ4n) is 4.55. The maximum atomic E-state index is 12.0. The summed E-state index contributed by atoms with van der Waals surface area (Å²) in [6.45, 7) is 4.97. The summed E-state index contributed by atoms with van der Waals surface area (Å²) in [7, 11) is 0. The van der Waals surface area contributed by atoms with Crippen LogP contribution in [0.15, 0.2) is 72.2 Å². The highest BCUT2D eigenvalue weighted by Crippen LogP contribution is 2.40. The number of fused-ring (bicyclic) bond motifs is 2. The van der Waals surface area contributed by atoms with E-state index >= 15 is 0 Å². The molecule has 2 N–H and O–H groups in total. The van der Waals surface area contributed by atoms with Crippen molar-refractivity contribution in [2.75, 3.05) is 18.5 Å². The lowest BCUT2D eigenvalue weighted by Crippen LogP contribution is -2.30. The van der Waals surface area contributed by atoms with Crippen LogP contribution >= 0.6 is 0 Å². The van der Waals surface area contributed by atoms with Crippen LogP contribution in [0.4, 0.5) is 5.82 Å². The molecule has 7 nitrogen and oxygen atoms in total. The number of allylic oxidation sites excluding steroid dienone is 4. The molecule has 0 fully saturated rings. The van der Waals surface area contributed by atoms with E-state index in [4.69, 9.17) is 9.47 Å². The Morgan fingerprint density at radius 1 is 1.26 bits per heavy atom. The van der Waals surface area contributed by atoms with Gasteiger partial charge in [-0.2, -0.15) is 0 Å². The van der Waals surface area contributed by atoms with Crippen LogP contribution in [0.1, 0.15) is 50.2 Å². The first-order valence-electron chi connectivity index (χ1n) is 12.1. The molecule has 2 atom stereocenters. The molecule has 0 bridgehead atoms. The Balaban J connectivity index is 1.33. The second kappa shape index (κ2) is 11.1. The van der Waals surface area contributed by atoms with E-state index in [1.54, 1.807) is 12.1 Å². The van der Waals surface area contributed by atoms with Crippen molar-refractivity contribution in [3.05, 3.63) is 88.5 Å². The largest absolute Gasteiger partial charge is 0.711 e. The Labute approximate surface area is 206 Å². The first kappa shape index (κ1) is 24.4. The molecule has 2 aliphatic carbocycles. The maximum absolute atomic E-state index is 12.0. The predicted molar refractivity (Wildman–Crippen MR) is 135 cm³/mol. The number of aromatic nitrogens is 1. The molecule has 35 heavy (non-hydrogen) atoms. The molecular formula is C28H32N2O5. The van der Waals surface area contributed by atoms with Gasteiger partial charge in [-0.25, -0.2) is 4.73 Å². The number of anilines is 1. The molecule has 0 amide bonds. The van der Waals surface area contributed by atoms with Crippen LogP contribution < -0.4 is 14.8 Å². The molecular weight excluding hydrogens is 444 g/mol. The number of aliphatic carboxylic acids is 1. The van der Waals surface area contributed by atoms with Gasteiger partial charge in [0.1, 0.15) is 11.5 Å². The van der Waals surface area contributed by atoms with Crippen molar-refractivity contribution in [2.45, 2.75) is 45.1 Å². The van der Waals surface area contributed by atoms with Crippen molar-refractivity contribution in [3.8, 4) is 5.75 Å². The maximum Gasteiger partial charge on any atom is 0.303 e. The van der Waals surface area contributed by atoms with Crippen molar-refractivity contribution in [2.24, 2.45) is 5.92 Å². The second-order valence-electron chi connectivity index (χ2n) is 9.18. The van der Waals surface area contributed by atoms with Gasteiger partial charge in [0.15, 0.2) is 0 Å². The standard InChI is InChI=1S/C28H32N2O5/c1-19(2)35-25-10-12-30(33)27(18-25)29-11-5-13-34-24-9-8-20-14-23(17-28(31)32)26-7-4-3-6-21(26)15-22(20)16-24/h3-4,6-10,12,15-16,18-20,23,29H,5,11,13-14,17H2,1-2H3,(H,31,32)/t20-,23?/m1/s1. The summed E-state index contributed by atoms with van der Waals surface area (Å²) in [6.07, 6.45) is 11.4.